The van der Waals surface area contributed by atoms with Crippen LogP contribution in [0.5, 0.6) is 0 Å². The molecule has 0 bridgehead atoms. The van der Waals surface area contributed by atoms with Crippen molar-refractivity contribution in [2.24, 2.45) is 0 Å². The second-order valence-electron chi connectivity index (χ2n) is 3.85. The van der Waals surface area contributed by atoms with Crippen molar-refractivity contribution in [3.8, 4) is 0 Å². The lowest BCUT2D eigenvalue weighted by Gasteiger charge is -2.41. The number of nitrogens with zero attached hydrogens (tertiary/aromatic N) is 1. The summed E-state index contributed by atoms with van der Waals surface area (Å²) in [6, 6.07) is 0. The van der Waals surface area contributed by atoms with Gasteiger partial charge in [0.1, 0.15) is 0 Å². The smallest absolute Gasteiger partial charge is 0.0614 e. The van der Waals surface area contributed by atoms with Crippen molar-refractivity contribution in [3.05, 3.63) is 0 Å². The summed E-state index contributed by atoms with van der Waals surface area (Å²) in [7, 11) is 2.29. The van der Waals surface area contributed by atoms with E-state index in [1.54, 1.807) is 0 Å². The molecular weight excluding hydrogens is 121 g/mol. The van der Waals surface area contributed by atoms with Gasteiger partial charge < -0.3 is 4.81 Å². The van der Waals surface area contributed by atoms with Gasteiger partial charge in [-0.3, -0.25) is 0 Å². The zero-order valence-electron chi connectivity index (χ0n) is 7.56. The molecule has 1 saturated heterocycles. The summed E-state index contributed by atoms with van der Waals surface area (Å²) < 4.78 is 0. The van der Waals surface area contributed by atoms with Crippen LogP contribution >= 0.6 is 0 Å². The fourth-order valence-corrected chi connectivity index (χ4v) is 2.54. The van der Waals surface area contributed by atoms with Crippen LogP contribution in [0.3, 0.4) is 0 Å². The van der Waals surface area contributed by atoms with E-state index in [9.17, 15) is 0 Å². The van der Waals surface area contributed by atoms with E-state index >= 15 is 0 Å². The molecule has 0 radical (unpaired) electrons. The molecule has 10 heavy (non-hydrogen) atoms. The molecule has 0 N–H and O–H groups in total. The average molecular weight is 140 g/mol. The molecule has 1 aliphatic rings. The molecule has 1 aliphatic heterocycles. The molecule has 0 unspecified atom stereocenters. The highest BCUT2D eigenvalue weighted by Crippen LogP contribution is 2.30. The Hall–Kier alpha value is 0.0249. The Kier molecular flexibility index (Phi) is 2.40. The molecule has 1 nitrogen and oxygen atoms in total. The molecule has 0 amide bonds. The Morgan fingerprint density at radius 2 is 1.90 bits per heavy atom. The van der Waals surface area contributed by atoms with Crippen molar-refractivity contribution in [3.63, 3.8) is 0 Å². The molecule has 0 aromatic heterocycles. The van der Waals surface area contributed by atoms with E-state index in [1.807, 2.05) is 0 Å². The van der Waals surface area contributed by atoms with Gasteiger partial charge >= 0.3 is 0 Å². The highest BCUT2D eigenvalue weighted by atomic mass is 15.1. The van der Waals surface area contributed by atoms with Crippen molar-refractivity contribution >= 4 is 6.28 Å². The monoisotopic (exact) mass is 140 g/mol. The summed E-state index contributed by atoms with van der Waals surface area (Å²) >= 11 is 0. The van der Waals surface area contributed by atoms with Crippen LogP contribution in [0.2, 0.25) is 19.0 Å². The van der Waals surface area contributed by atoms with Gasteiger partial charge in [0.15, 0.2) is 0 Å². The van der Waals surface area contributed by atoms with Crippen LogP contribution in [0, 0.1) is 0 Å². The largest absolute Gasteiger partial charge is 0.477 e. The fraction of sp³-hybridized carbons (Fsp3) is 1.00. The molecule has 0 saturated carbocycles. The topological polar surface area (TPSA) is 3.24 Å². The lowest BCUT2D eigenvalue weighted by atomic mass is 9.30. The molecule has 0 aromatic carbocycles. The quantitative estimate of drug-likeness (QED) is 0.532. The molecule has 0 atom stereocenters. The molecule has 0 aliphatic carbocycles. The zero-order valence-corrected chi connectivity index (χ0v) is 7.56. The van der Waals surface area contributed by atoms with Crippen LogP contribution in [-0.2, 0) is 0 Å². The first-order valence-electron chi connectivity index (χ1n) is 4.66. The summed E-state index contributed by atoms with van der Waals surface area (Å²) in [5, 5.41) is 0. The van der Waals surface area contributed by atoms with Crippen LogP contribution in [0.4, 0.5) is 0 Å². The lowest BCUT2D eigenvalue weighted by Crippen LogP contribution is -2.44. The van der Waals surface area contributed by atoms with Crippen LogP contribution in [0.1, 0.15) is 20.3 Å². The SMILES string of the molecule is CC[B-]1(CC)CCCN1C. The first kappa shape index (κ1) is 8.12. The zero-order chi connectivity index (χ0) is 7.61. The highest BCUT2D eigenvalue weighted by molar-refractivity contribution is 6.77. The van der Waals surface area contributed by atoms with E-state index in [2.05, 4.69) is 25.7 Å². The molecule has 1 fully saturated rings. The lowest BCUT2D eigenvalue weighted by molar-refractivity contribution is 0.545. The molecule has 0 spiro atoms. The van der Waals surface area contributed by atoms with Crippen molar-refractivity contribution in [1.82, 2.24) is 4.81 Å². The average Bonchev–Trinajstić information content (AvgIpc) is 2.32. The highest BCUT2D eigenvalue weighted by Gasteiger charge is 2.28. The molecule has 1 heterocycles. The van der Waals surface area contributed by atoms with Crippen LogP contribution in [-0.4, -0.2) is 24.7 Å². The molecule has 0 aromatic rings. The summed E-state index contributed by atoms with van der Waals surface area (Å²) in [6.45, 7) is 6.01. The number of hydrogen-bond acceptors (Lipinski definition) is 1. The van der Waals surface area contributed by atoms with Gasteiger partial charge in [0.05, 0.1) is 6.28 Å². The van der Waals surface area contributed by atoms with Gasteiger partial charge in [0.2, 0.25) is 0 Å². The predicted molar refractivity (Wildman–Crippen MR) is 48.8 cm³/mol. The van der Waals surface area contributed by atoms with Gasteiger partial charge in [-0.2, -0.15) is 19.0 Å². The van der Waals surface area contributed by atoms with E-state index in [1.165, 1.54) is 31.9 Å². The van der Waals surface area contributed by atoms with Crippen LogP contribution in [0.15, 0.2) is 0 Å². The normalized spacial score (nSPS) is 25.5. The number of rotatable bonds is 2. The minimum Gasteiger partial charge on any atom is -0.477 e. The summed E-state index contributed by atoms with van der Waals surface area (Å²) in [4.78, 5) is 2.60. The van der Waals surface area contributed by atoms with Crippen molar-refractivity contribution in [2.45, 2.75) is 39.2 Å². The van der Waals surface area contributed by atoms with Crippen LogP contribution in [0.25, 0.3) is 0 Å². The Morgan fingerprint density at radius 1 is 1.30 bits per heavy atom. The van der Waals surface area contributed by atoms with Gasteiger partial charge in [-0.15, -0.1) is 0 Å². The predicted octanol–water partition coefficient (Wildman–Crippen LogP) is 2.31. The van der Waals surface area contributed by atoms with Gasteiger partial charge in [0.25, 0.3) is 0 Å². The second kappa shape index (κ2) is 2.95. The van der Waals surface area contributed by atoms with Gasteiger partial charge in [-0.1, -0.05) is 27.3 Å². The van der Waals surface area contributed by atoms with E-state index < -0.39 is 0 Å². The maximum Gasteiger partial charge on any atom is 0.0614 e. The Balaban J connectivity index is 2.61. The Bertz CT molecular complexity index is 110. The molecule has 60 valence electrons. The maximum absolute atomic E-state index is 2.60. The number of hydrogen-bond donors (Lipinski definition) is 0. The first-order valence-corrected chi connectivity index (χ1v) is 4.66. The fourth-order valence-electron chi connectivity index (χ4n) is 2.54. The van der Waals surface area contributed by atoms with E-state index in [0.29, 0.717) is 0 Å². The molecule has 2 heteroatoms. The van der Waals surface area contributed by atoms with Crippen molar-refractivity contribution in [2.75, 3.05) is 13.6 Å². The Morgan fingerprint density at radius 3 is 2.10 bits per heavy atom. The third-order valence-corrected chi connectivity index (χ3v) is 3.71. The van der Waals surface area contributed by atoms with Gasteiger partial charge in [0, 0.05) is 0 Å². The molecular formula is C8H19BN-. The summed E-state index contributed by atoms with van der Waals surface area (Å²) in [5.41, 5.74) is 0. The third kappa shape index (κ3) is 1.09. The van der Waals surface area contributed by atoms with Gasteiger partial charge in [-0.25, -0.2) is 0 Å². The minimum absolute atomic E-state index is 0.0694. The van der Waals surface area contributed by atoms with E-state index in [0.717, 1.165) is 0 Å². The standard InChI is InChI=1S/C8H19BN/c1-4-9(5-2)7-6-8-10(9)3/h4-8H2,1-3H3/q-1. The first-order chi connectivity index (χ1) is 4.75. The minimum atomic E-state index is -0.0694. The summed E-state index contributed by atoms with van der Waals surface area (Å²) in [5.74, 6) is 0. The van der Waals surface area contributed by atoms with Gasteiger partial charge in [-0.05, 0) is 6.54 Å². The van der Waals surface area contributed by atoms with Crippen LogP contribution < -0.4 is 0 Å². The maximum atomic E-state index is 2.60. The third-order valence-electron chi connectivity index (χ3n) is 3.71. The van der Waals surface area contributed by atoms with Crippen molar-refractivity contribution in [1.29, 1.82) is 0 Å². The van der Waals surface area contributed by atoms with E-state index in [4.69, 9.17) is 0 Å². The van der Waals surface area contributed by atoms with Crippen molar-refractivity contribution < 1.29 is 0 Å². The Labute approximate surface area is 64.7 Å². The summed E-state index contributed by atoms with van der Waals surface area (Å²) in [6.07, 6.45) is 5.60. The van der Waals surface area contributed by atoms with E-state index in [-0.39, 0.29) is 6.28 Å². The molecule has 1 rings (SSSR count). The second-order valence-corrected chi connectivity index (χ2v) is 3.85.